The molecule has 7 heteroatoms. The zero-order chi connectivity index (χ0) is 20.4. The van der Waals surface area contributed by atoms with Crippen LogP contribution in [0.1, 0.15) is 33.1 Å². The predicted molar refractivity (Wildman–Crippen MR) is 114 cm³/mol. The standard InChI is InChI=1S/C22H28N4O2S/c1-14-15(2)29-21(25-14)7-8-23-20(27)13-19-22(28)24-9-10-26(19)18-11-16-5-3-4-6-17(16)12-18/h3-6,18-19H,7-13H2,1-2H3,(H,23,27)(H,24,28)/t19-/m1/s1. The highest BCUT2D eigenvalue weighted by Crippen LogP contribution is 2.28. The van der Waals surface area contributed by atoms with Crippen molar-refractivity contribution >= 4 is 23.2 Å². The first-order valence-electron chi connectivity index (χ1n) is 10.3. The van der Waals surface area contributed by atoms with Gasteiger partial charge in [0.1, 0.15) is 0 Å². The molecule has 1 aromatic carbocycles. The van der Waals surface area contributed by atoms with Crippen LogP contribution in [-0.2, 0) is 28.9 Å². The summed E-state index contributed by atoms with van der Waals surface area (Å²) in [4.78, 5) is 33.1. The first-order valence-corrected chi connectivity index (χ1v) is 11.1. The van der Waals surface area contributed by atoms with Crippen molar-refractivity contribution in [2.45, 2.75) is 51.6 Å². The predicted octanol–water partition coefficient (Wildman–Crippen LogP) is 1.78. The number of fused-ring (bicyclic) bond motifs is 1. The summed E-state index contributed by atoms with van der Waals surface area (Å²) >= 11 is 1.68. The van der Waals surface area contributed by atoms with Crippen molar-refractivity contribution < 1.29 is 9.59 Å². The molecule has 1 aliphatic carbocycles. The molecule has 1 atom stereocenters. The number of benzene rings is 1. The van der Waals surface area contributed by atoms with Crippen LogP contribution >= 0.6 is 11.3 Å². The number of aryl methyl sites for hydroxylation is 2. The number of thiazole rings is 1. The first-order chi connectivity index (χ1) is 14.0. The van der Waals surface area contributed by atoms with Gasteiger partial charge in [0.15, 0.2) is 0 Å². The van der Waals surface area contributed by atoms with Crippen LogP contribution < -0.4 is 10.6 Å². The van der Waals surface area contributed by atoms with E-state index in [0.29, 0.717) is 13.1 Å². The highest BCUT2D eigenvalue weighted by Gasteiger charge is 2.38. The van der Waals surface area contributed by atoms with Gasteiger partial charge in [0.2, 0.25) is 11.8 Å². The minimum Gasteiger partial charge on any atom is -0.356 e. The second kappa shape index (κ2) is 8.63. The Labute approximate surface area is 175 Å². The zero-order valence-corrected chi connectivity index (χ0v) is 17.8. The monoisotopic (exact) mass is 412 g/mol. The number of piperazine rings is 1. The van der Waals surface area contributed by atoms with Gasteiger partial charge in [-0.3, -0.25) is 14.5 Å². The van der Waals surface area contributed by atoms with Crippen LogP contribution in [0.25, 0.3) is 0 Å². The first kappa shape index (κ1) is 20.0. The average Bonchev–Trinajstić information content (AvgIpc) is 3.26. The third-order valence-corrected chi connectivity index (χ3v) is 7.12. The normalized spacial score (nSPS) is 19.8. The second-order valence-electron chi connectivity index (χ2n) is 7.93. The zero-order valence-electron chi connectivity index (χ0n) is 17.0. The molecule has 2 heterocycles. The van der Waals surface area contributed by atoms with E-state index in [4.69, 9.17) is 0 Å². The summed E-state index contributed by atoms with van der Waals surface area (Å²) in [5.41, 5.74) is 3.78. The van der Waals surface area contributed by atoms with Crippen molar-refractivity contribution in [2.75, 3.05) is 19.6 Å². The van der Waals surface area contributed by atoms with Crippen LogP contribution in [-0.4, -0.2) is 53.4 Å². The number of carbonyl (C=O) groups is 2. The van der Waals surface area contributed by atoms with Gasteiger partial charge in [-0.05, 0) is 37.8 Å². The van der Waals surface area contributed by atoms with Crippen LogP contribution in [0.3, 0.4) is 0 Å². The molecule has 0 spiro atoms. The van der Waals surface area contributed by atoms with Crippen molar-refractivity contribution in [1.29, 1.82) is 0 Å². The maximum Gasteiger partial charge on any atom is 0.237 e. The van der Waals surface area contributed by atoms with E-state index in [1.807, 2.05) is 6.92 Å². The number of nitrogens with one attached hydrogen (secondary N) is 2. The fourth-order valence-electron chi connectivity index (χ4n) is 4.35. The number of nitrogens with zero attached hydrogens (tertiary/aromatic N) is 2. The minimum absolute atomic E-state index is 0.0338. The molecular weight excluding hydrogens is 384 g/mol. The SMILES string of the molecule is Cc1nc(CCNC(=O)C[C@@H]2C(=O)NCCN2C2Cc3ccccc3C2)sc1C. The lowest BCUT2D eigenvalue weighted by Gasteiger charge is -2.38. The van der Waals surface area contributed by atoms with Gasteiger partial charge in [-0.2, -0.15) is 0 Å². The third-order valence-electron chi connectivity index (χ3n) is 5.98. The summed E-state index contributed by atoms with van der Waals surface area (Å²) in [6.07, 6.45) is 2.83. The fraction of sp³-hybridized carbons (Fsp3) is 0.500. The van der Waals surface area contributed by atoms with Crippen molar-refractivity contribution in [2.24, 2.45) is 0 Å². The summed E-state index contributed by atoms with van der Waals surface area (Å²) in [5, 5.41) is 6.95. The van der Waals surface area contributed by atoms with Gasteiger partial charge in [0, 0.05) is 37.0 Å². The quantitative estimate of drug-likeness (QED) is 0.759. The Morgan fingerprint density at radius 1 is 1.28 bits per heavy atom. The van der Waals surface area contributed by atoms with Gasteiger partial charge in [-0.15, -0.1) is 11.3 Å². The summed E-state index contributed by atoms with van der Waals surface area (Å²) in [5.74, 6) is -0.105. The van der Waals surface area contributed by atoms with E-state index in [2.05, 4.69) is 51.7 Å². The molecule has 0 bridgehead atoms. The molecule has 2 N–H and O–H groups in total. The van der Waals surface area contributed by atoms with E-state index in [1.54, 1.807) is 11.3 Å². The van der Waals surface area contributed by atoms with Crippen LogP contribution in [0, 0.1) is 13.8 Å². The topological polar surface area (TPSA) is 74.3 Å². The van der Waals surface area contributed by atoms with Crippen molar-refractivity contribution in [3.05, 3.63) is 51.0 Å². The molecule has 154 valence electrons. The molecule has 1 aromatic heterocycles. The van der Waals surface area contributed by atoms with Gasteiger partial charge < -0.3 is 10.6 Å². The Hall–Kier alpha value is -2.25. The lowest BCUT2D eigenvalue weighted by atomic mass is 10.0. The van der Waals surface area contributed by atoms with Gasteiger partial charge in [-0.1, -0.05) is 24.3 Å². The van der Waals surface area contributed by atoms with Gasteiger partial charge >= 0.3 is 0 Å². The van der Waals surface area contributed by atoms with E-state index in [1.165, 1.54) is 16.0 Å². The van der Waals surface area contributed by atoms with E-state index in [9.17, 15) is 9.59 Å². The summed E-state index contributed by atoms with van der Waals surface area (Å²) in [7, 11) is 0. The van der Waals surface area contributed by atoms with Crippen molar-refractivity contribution in [3.8, 4) is 0 Å². The van der Waals surface area contributed by atoms with Crippen LogP contribution in [0.5, 0.6) is 0 Å². The molecule has 1 fully saturated rings. The molecule has 4 rings (SSSR count). The Bertz CT molecular complexity index is 865. The number of rotatable bonds is 6. The third kappa shape index (κ3) is 4.51. The molecule has 6 nitrogen and oxygen atoms in total. The van der Waals surface area contributed by atoms with Crippen LogP contribution in [0.4, 0.5) is 0 Å². The molecule has 2 amide bonds. The Balaban J connectivity index is 1.34. The molecule has 0 unspecified atom stereocenters. The van der Waals surface area contributed by atoms with E-state index in [0.717, 1.165) is 36.5 Å². The van der Waals surface area contributed by atoms with Crippen molar-refractivity contribution in [1.82, 2.24) is 20.5 Å². The highest BCUT2D eigenvalue weighted by atomic mass is 32.1. The second-order valence-corrected chi connectivity index (χ2v) is 9.22. The number of amides is 2. The van der Waals surface area contributed by atoms with E-state index in [-0.39, 0.29) is 24.3 Å². The molecule has 0 radical (unpaired) electrons. The van der Waals surface area contributed by atoms with E-state index < -0.39 is 6.04 Å². The highest BCUT2D eigenvalue weighted by molar-refractivity contribution is 7.11. The molecule has 2 aliphatic rings. The number of carbonyl (C=O) groups excluding carboxylic acids is 2. The average molecular weight is 413 g/mol. The largest absolute Gasteiger partial charge is 0.356 e. The lowest BCUT2D eigenvalue weighted by Crippen LogP contribution is -2.59. The summed E-state index contributed by atoms with van der Waals surface area (Å²) in [6.45, 7) is 6.05. The molecule has 1 saturated heterocycles. The van der Waals surface area contributed by atoms with Gasteiger partial charge in [0.05, 0.1) is 23.2 Å². The molecule has 29 heavy (non-hydrogen) atoms. The number of aromatic nitrogens is 1. The number of hydrogen-bond donors (Lipinski definition) is 2. The van der Waals surface area contributed by atoms with Crippen LogP contribution in [0.15, 0.2) is 24.3 Å². The Morgan fingerprint density at radius 2 is 2.00 bits per heavy atom. The van der Waals surface area contributed by atoms with Gasteiger partial charge in [-0.25, -0.2) is 4.98 Å². The fourth-order valence-corrected chi connectivity index (χ4v) is 5.29. The van der Waals surface area contributed by atoms with Crippen LogP contribution in [0.2, 0.25) is 0 Å². The maximum atomic E-state index is 12.6. The summed E-state index contributed by atoms with van der Waals surface area (Å²) < 4.78 is 0. The number of hydrogen-bond acceptors (Lipinski definition) is 5. The van der Waals surface area contributed by atoms with Crippen molar-refractivity contribution in [3.63, 3.8) is 0 Å². The smallest absolute Gasteiger partial charge is 0.237 e. The Morgan fingerprint density at radius 3 is 2.66 bits per heavy atom. The molecule has 1 aliphatic heterocycles. The molecular formula is C22H28N4O2S. The summed E-state index contributed by atoms with van der Waals surface area (Å²) in [6, 6.07) is 8.37. The molecule has 2 aromatic rings. The van der Waals surface area contributed by atoms with E-state index >= 15 is 0 Å². The van der Waals surface area contributed by atoms with Gasteiger partial charge in [0.25, 0.3) is 0 Å². The lowest BCUT2D eigenvalue weighted by molar-refractivity contribution is -0.135. The molecule has 0 saturated carbocycles. The minimum atomic E-state index is -0.396. The maximum absolute atomic E-state index is 12.6. The Kier molecular flexibility index (Phi) is 5.96.